The Labute approximate surface area is 150 Å². The average Bonchev–Trinajstić information content (AvgIpc) is 3.33. The number of halogens is 3. The summed E-state index contributed by atoms with van der Waals surface area (Å²) in [5.41, 5.74) is 1.08. The second-order valence-electron chi connectivity index (χ2n) is 6.72. The first-order chi connectivity index (χ1) is 12.9. The molecule has 0 radical (unpaired) electrons. The summed E-state index contributed by atoms with van der Waals surface area (Å²) in [5, 5.41) is 2.87. The number of rotatable bonds is 1. The van der Waals surface area contributed by atoms with E-state index < -0.39 is 17.4 Å². The quantitative estimate of drug-likeness (QED) is 0.683. The van der Waals surface area contributed by atoms with Crippen LogP contribution in [0.1, 0.15) is 17.8 Å². The predicted molar refractivity (Wildman–Crippen MR) is 90.3 cm³/mol. The summed E-state index contributed by atoms with van der Waals surface area (Å²) in [6, 6.07) is 7.38. The van der Waals surface area contributed by atoms with Crippen LogP contribution < -0.4 is 10.2 Å². The van der Waals surface area contributed by atoms with E-state index in [-0.39, 0.29) is 23.9 Å². The smallest absolute Gasteiger partial charge is 0.353 e. The van der Waals surface area contributed by atoms with Gasteiger partial charge in [0.15, 0.2) is 11.5 Å². The van der Waals surface area contributed by atoms with Gasteiger partial charge in [0, 0.05) is 18.8 Å². The molecule has 27 heavy (non-hydrogen) atoms. The number of amides is 1. The van der Waals surface area contributed by atoms with E-state index in [0.29, 0.717) is 18.5 Å². The molecule has 138 valence electrons. The van der Waals surface area contributed by atoms with Crippen LogP contribution in [0.2, 0.25) is 0 Å². The third-order valence-corrected chi connectivity index (χ3v) is 5.21. The second kappa shape index (κ2) is 5.18. The highest BCUT2D eigenvalue weighted by atomic mass is 19.4. The van der Waals surface area contributed by atoms with E-state index in [0.717, 1.165) is 11.3 Å². The highest BCUT2D eigenvalue weighted by molar-refractivity contribution is 6.07. The van der Waals surface area contributed by atoms with Crippen molar-refractivity contribution < 1.29 is 18.0 Å². The number of imidazole rings is 1. The minimum absolute atomic E-state index is 0.0513. The number of anilines is 2. The van der Waals surface area contributed by atoms with Crippen molar-refractivity contribution in [1.29, 1.82) is 0 Å². The van der Waals surface area contributed by atoms with E-state index in [1.54, 1.807) is 4.90 Å². The SMILES string of the molecule is O=C1Nc2ccccc2C12CCN(c1nc(C(F)(F)F)nc3nc[nH]c13)C2. The number of H-pyrrole nitrogens is 1. The first-order valence-electron chi connectivity index (χ1n) is 8.33. The molecule has 1 aromatic carbocycles. The van der Waals surface area contributed by atoms with Gasteiger partial charge in [0.25, 0.3) is 0 Å². The van der Waals surface area contributed by atoms with Crippen LogP contribution in [0.3, 0.4) is 0 Å². The van der Waals surface area contributed by atoms with Crippen molar-refractivity contribution >= 4 is 28.6 Å². The second-order valence-corrected chi connectivity index (χ2v) is 6.72. The molecule has 1 fully saturated rings. The Hall–Kier alpha value is -3.17. The lowest BCUT2D eigenvalue weighted by atomic mass is 9.81. The lowest BCUT2D eigenvalue weighted by Gasteiger charge is -2.23. The molecule has 10 heteroatoms. The van der Waals surface area contributed by atoms with Gasteiger partial charge in [-0.3, -0.25) is 4.79 Å². The lowest BCUT2D eigenvalue weighted by molar-refractivity contribution is -0.144. The number of nitrogens with zero attached hydrogens (tertiary/aromatic N) is 4. The number of aromatic nitrogens is 4. The van der Waals surface area contributed by atoms with Crippen LogP contribution in [0.25, 0.3) is 11.2 Å². The molecule has 2 aliphatic rings. The van der Waals surface area contributed by atoms with Crippen LogP contribution >= 0.6 is 0 Å². The van der Waals surface area contributed by atoms with E-state index >= 15 is 0 Å². The molecule has 1 amide bonds. The maximum Gasteiger partial charge on any atom is 0.451 e. The topological polar surface area (TPSA) is 86.8 Å². The Morgan fingerprint density at radius 1 is 1.19 bits per heavy atom. The van der Waals surface area contributed by atoms with Crippen molar-refractivity contribution in [3.05, 3.63) is 42.0 Å². The predicted octanol–water partition coefficient (Wildman–Crippen LogP) is 2.47. The van der Waals surface area contributed by atoms with Crippen LogP contribution in [-0.4, -0.2) is 38.9 Å². The standard InChI is InChI=1S/C17H13F3N6O/c18-17(19,20)14-24-12-11(21-8-22-12)13(25-14)26-6-5-16(7-26)9-3-1-2-4-10(9)23-15(16)27/h1-4,8H,5-7H2,(H,23,27)(H,21,22,24,25). The summed E-state index contributed by atoms with van der Waals surface area (Å²) in [4.78, 5) is 28.3. The third kappa shape index (κ3) is 2.22. The molecule has 5 rings (SSSR count). The van der Waals surface area contributed by atoms with Gasteiger partial charge in [0.05, 0.1) is 11.7 Å². The highest BCUT2D eigenvalue weighted by Gasteiger charge is 2.51. The van der Waals surface area contributed by atoms with Crippen LogP contribution in [0.15, 0.2) is 30.6 Å². The van der Waals surface area contributed by atoms with Gasteiger partial charge in [0.2, 0.25) is 11.7 Å². The number of hydrogen-bond acceptors (Lipinski definition) is 5. The number of fused-ring (bicyclic) bond motifs is 3. The molecule has 0 aliphatic carbocycles. The molecule has 3 aromatic rings. The fourth-order valence-electron chi connectivity index (χ4n) is 3.94. The molecule has 1 atom stereocenters. The lowest BCUT2D eigenvalue weighted by Crippen LogP contribution is -2.38. The molecule has 4 heterocycles. The fourth-order valence-corrected chi connectivity index (χ4v) is 3.94. The Kier molecular flexibility index (Phi) is 3.08. The van der Waals surface area contributed by atoms with E-state index in [1.165, 1.54) is 6.33 Å². The molecule has 2 aromatic heterocycles. The molecule has 2 N–H and O–H groups in total. The minimum Gasteiger partial charge on any atom is -0.353 e. The Morgan fingerprint density at radius 3 is 2.81 bits per heavy atom. The van der Waals surface area contributed by atoms with Gasteiger partial charge in [-0.25, -0.2) is 15.0 Å². The normalized spacial score (nSPS) is 21.9. The maximum atomic E-state index is 13.2. The Morgan fingerprint density at radius 2 is 2.00 bits per heavy atom. The Balaban J connectivity index is 1.60. The number of nitrogens with one attached hydrogen (secondary N) is 2. The summed E-state index contributed by atoms with van der Waals surface area (Å²) in [5.74, 6) is -1.27. The molecule has 7 nitrogen and oxygen atoms in total. The summed E-state index contributed by atoms with van der Waals surface area (Å²) >= 11 is 0. The maximum absolute atomic E-state index is 13.2. The van der Waals surface area contributed by atoms with Crippen LogP contribution in [0.5, 0.6) is 0 Å². The first kappa shape index (κ1) is 16.0. The van der Waals surface area contributed by atoms with Gasteiger partial charge in [0.1, 0.15) is 5.52 Å². The molecule has 1 spiro atoms. The summed E-state index contributed by atoms with van der Waals surface area (Å²) < 4.78 is 39.6. The van der Waals surface area contributed by atoms with Crippen molar-refractivity contribution in [3.8, 4) is 0 Å². The van der Waals surface area contributed by atoms with Crippen molar-refractivity contribution in [3.63, 3.8) is 0 Å². The number of para-hydroxylation sites is 1. The molecule has 0 bridgehead atoms. The third-order valence-electron chi connectivity index (χ3n) is 5.21. The van der Waals surface area contributed by atoms with Gasteiger partial charge >= 0.3 is 6.18 Å². The average molecular weight is 374 g/mol. The number of benzene rings is 1. The van der Waals surface area contributed by atoms with Crippen LogP contribution in [0, 0.1) is 0 Å². The zero-order valence-electron chi connectivity index (χ0n) is 13.8. The first-order valence-corrected chi connectivity index (χ1v) is 8.33. The number of carbonyl (C=O) groups is 1. The van der Waals surface area contributed by atoms with Gasteiger partial charge in [-0.05, 0) is 18.1 Å². The number of aromatic amines is 1. The van der Waals surface area contributed by atoms with Crippen LogP contribution in [0.4, 0.5) is 24.7 Å². The summed E-state index contributed by atoms with van der Waals surface area (Å²) in [6.45, 7) is 0.627. The van der Waals surface area contributed by atoms with Crippen molar-refractivity contribution in [2.75, 3.05) is 23.3 Å². The van der Waals surface area contributed by atoms with Gasteiger partial charge in [-0.15, -0.1) is 0 Å². The summed E-state index contributed by atoms with van der Waals surface area (Å²) in [7, 11) is 0. The Bertz CT molecular complexity index is 1080. The van der Waals surface area contributed by atoms with Gasteiger partial charge < -0.3 is 15.2 Å². The molecule has 0 saturated carbocycles. The van der Waals surface area contributed by atoms with Crippen molar-refractivity contribution in [2.24, 2.45) is 0 Å². The number of hydrogen-bond donors (Lipinski definition) is 2. The largest absolute Gasteiger partial charge is 0.451 e. The van der Waals surface area contributed by atoms with Crippen molar-refractivity contribution in [1.82, 2.24) is 19.9 Å². The molecular weight excluding hydrogens is 361 g/mol. The van der Waals surface area contributed by atoms with Gasteiger partial charge in [-0.2, -0.15) is 13.2 Å². The van der Waals surface area contributed by atoms with Gasteiger partial charge in [-0.1, -0.05) is 18.2 Å². The van der Waals surface area contributed by atoms with E-state index in [2.05, 4.69) is 25.3 Å². The molecule has 2 aliphatic heterocycles. The van der Waals surface area contributed by atoms with E-state index in [9.17, 15) is 18.0 Å². The van der Waals surface area contributed by atoms with E-state index in [4.69, 9.17) is 0 Å². The number of carbonyl (C=O) groups excluding carboxylic acids is 1. The molecular formula is C17H13F3N6O. The molecule has 1 saturated heterocycles. The number of alkyl halides is 3. The minimum atomic E-state index is -4.68. The van der Waals surface area contributed by atoms with E-state index in [1.807, 2.05) is 24.3 Å². The van der Waals surface area contributed by atoms with Crippen LogP contribution in [-0.2, 0) is 16.4 Å². The zero-order chi connectivity index (χ0) is 18.8. The monoisotopic (exact) mass is 374 g/mol. The fraction of sp³-hybridized carbons (Fsp3) is 0.294. The van der Waals surface area contributed by atoms with Crippen molar-refractivity contribution in [2.45, 2.75) is 18.0 Å². The zero-order valence-corrected chi connectivity index (χ0v) is 13.8. The molecule has 1 unspecified atom stereocenters. The summed E-state index contributed by atoms with van der Waals surface area (Å²) in [6.07, 6.45) is -2.92. The highest BCUT2D eigenvalue weighted by Crippen LogP contribution is 2.45.